The first-order chi connectivity index (χ1) is 8.22. The molecule has 0 bridgehead atoms. The average molecular weight is 232 g/mol. The Labute approximate surface area is 105 Å². The summed E-state index contributed by atoms with van der Waals surface area (Å²) >= 11 is 0. The molecule has 1 aliphatic rings. The second kappa shape index (κ2) is 5.54. The van der Waals surface area contributed by atoms with Crippen molar-refractivity contribution < 1.29 is 0 Å². The highest BCUT2D eigenvalue weighted by Gasteiger charge is 2.23. The Bertz CT molecular complexity index is 344. The molecule has 2 heteroatoms. The Hall–Kier alpha value is -1.02. The molecule has 0 saturated carbocycles. The van der Waals surface area contributed by atoms with Crippen LogP contribution in [-0.2, 0) is 0 Å². The molecule has 0 radical (unpaired) electrons. The fraction of sp³-hybridized carbons (Fsp3) is 0.600. The number of nitrogens with zero attached hydrogens (tertiary/aromatic N) is 1. The van der Waals surface area contributed by atoms with Crippen molar-refractivity contribution in [3.63, 3.8) is 0 Å². The first-order valence-corrected chi connectivity index (χ1v) is 6.82. The molecule has 0 spiro atoms. The maximum atomic E-state index is 3.52. The van der Waals surface area contributed by atoms with E-state index >= 15 is 0 Å². The van der Waals surface area contributed by atoms with Crippen molar-refractivity contribution in [1.29, 1.82) is 0 Å². The van der Waals surface area contributed by atoms with Gasteiger partial charge in [0, 0.05) is 24.3 Å². The lowest BCUT2D eigenvalue weighted by Gasteiger charge is -2.41. The van der Waals surface area contributed by atoms with Crippen LogP contribution in [-0.4, -0.2) is 19.1 Å². The van der Waals surface area contributed by atoms with Crippen LogP contribution in [0.3, 0.4) is 0 Å². The van der Waals surface area contributed by atoms with Gasteiger partial charge in [-0.25, -0.2) is 0 Å². The third-order valence-electron chi connectivity index (χ3n) is 3.75. The van der Waals surface area contributed by atoms with E-state index in [1.165, 1.54) is 30.6 Å². The van der Waals surface area contributed by atoms with Gasteiger partial charge < -0.3 is 10.2 Å². The molecule has 0 aliphatic carbocycles. The van der Waals surface area contributed by atoms with E-state index in [1.807, 2.05) is 0 Å². The van der Waals surface area contributed by atoms with Crippen LogP contribution < -0.4 is 10.2 Å². The van der Waals surface area contributed by atoms with E-state index in [0.29, 0.717) is 6.04 Å². The van der Waals surface area contributed by atoms with Crippen LogP contribution in [0, 0.1) is 0 Å². The number of rotatable bonds is 5. The van der Waals surface area contributed by atoms with E-state index in [4.69, 9.17) is 0 Å². The zero-order valence-corrected chi connectivity index (χ0v) is 11.2. The van der Waals surface area contributed by atoms with Gasteiger partial charge in [-0.05, 0) is 50.9 Å². The van der Waals surface area contributed by atoms with Gasteiger partial charge in [0.15, 0.2) is 0 Å². The first kappa shape index (κ1) is 12.4. The van der Waals surface area contributed by atoms with Gasteiger partial charge in [0.25, 0.3) is 0 Å². The fourth-order valence-corrected chi connectivity index (χ4v) is 2.33. The summed E-state index contributed by atoms with van der Waals surface area (Å²) in [5, 5.41) is 3.52. The molecule has 2 unspecified atom stereocenters. The van der Waals surface area contributed by atoms with E-state index in [0.717, 1.165) is 12.6 Å². The number of nitrogens with one attached hydrogen (secondary N) is 1. The monoisotopic (exact) mass is 232 g/mol. The number of anilines is 1. The zero-order chi connectivity index (χ0) is 12.3. The molecular weight excluding hydrogens is 208 g/mol. The molecule has 1 aliphatic heterocycles. The van der Waals surface area contributed by atoms with Crippen LogP contribution in [0.2, 0.25) is 0 Å². The summed E-state index contributed by atoms with van der Waals surface area (Å²) in [6, 6.07) is 10.2. The summed E-state index contributed by atoms with van der Waals surface area (Å²) in [5.41, 5.74) is 2.76. The molecule has 1 N–H and O–H groups in total. The van der Waals surface area contributed by atoms with E-state index in [1.54, 1.807) is 0 Å². The maximum absolute atomic E-state index is 3.52. The summed E-state index contributed by atoms with van der Waals surface area (Å²) in [7, 11) is 0. The lowest BCUT2D eigenvalue weighted by molar-refractivity contribution is 0.481. The van der Waals surface area contributed by atoms with E-state index in [-0.39, 0.29) is 0 Å². The normalized spacial score (nSPS) is 21.1. The second-order valence-electron chi connectivity index (χ2n) is 5.10. The van der Waals surface area contributed by atoms with Gasteiger partial charge in [0.1, 0.15) is 0 Å². The summed E-state index contributed by atoms with van der Waals surface area (Å²) in [6.45, 7) is 9.03. The molecule has 1 aromatic carbocycles. The maximum Gasteiger partial charge on any atom is 0.0368 e. The van der Waals surface area contributed by atoms with Gasteiger partial charge in [-0.2, -0.15) is 0 Å². The van der Waals surface area contributed by atoms with Gasteiger partial charge in [-0.15, -0.1) is 0 Å². The minimum atomic E-state index is 0.456. The van der Waals surface area contributed by atoms with Crippen molar-refractivity contribution in [2.24, 2.45) is 0 Å². The zero-order valence-electron chi connectivity index (χ0n) is 11.2. The largest absolute Gasteiger partial charge is 0.369 e. The fourth-order valence-electron chi connectivity index (χ4n) is 2.33. The molecule has 0 aromatic heterocycles. The molecule has 1 heterocycles. The standard InChI is InChI=1S/C15H24N2/c1-4-10-16-13(3)14-5-7-15(8-6-14)17-11-9-12(17)2/h5-8,12-13,16H,4,9-11H2,1-3H3. The molecule has 1 saturated heterocycles. The lowest BCUT2D eigenvalue weighted by atomic mass is 10.0. The second-order valence-corrected chi connectivity index (χ2v) is 5.10. The smallest absolute Gasteiger partial charge is 0.0368 e. The topological polar surface area (TPSA) is 15.3 Å². The van der Waals surface area contributed by atoms with Crippen molar-refractivity contribution in [3.8, 4) is 0 Å². The third kappa shape index (κ3) is 2.81. The Morgan fingerprint density at radius 2 is 2.06 bits per heavy atom. The molecule has 2 atom stereocenters. The first-order valence-electron chi connectivity index (χ1n) is 6.82. The summed E-state index contributed by atoms with van der Waals surface area (Å²) in [5.74, 6) is 0. The molecule has 94 valence electrons. The van der Waals surface area contributed by atoms with Crippen molar-refractivity contribution in [1.82, 2.24) is 5.32 Å². The van der Waals surface area contributed by atoms with Gasteiger partial charge in [0.2, 0.25) is 0 Å². The molecular formula is C15H24N2. The summed E-state index contributed by atoms with van der Waals surface area (Å²) < 4.78 is 0. The Balaban J connectivity index is 1.97. The third-order valence-corrected chi connectivity index (χ3v) is 3.75. The Morgan fingerprint density at radius 1 is 1.35 bits per heavy atom. The van der Waals surface area contributed by atoms with Crippen LogP contribution in [0.1, 0.15) is 45.2 Å². The molecule has 1 aromatic rings. The molecule has 1 fully saturated rings. The van der Waals surface area contributed by atoms with Gasteiger partial charge in [0.05, 0.1) is 0 Å². The predicted molar refractivity (Wildman–Crippen MR) is 74.6 cm³/mol. The molecule has 2 rings (SSSR count). The lowest BCUT2D eigenvalue weighted by Crippen LogP contribution is -2.45. The minimum absolute atomic E-state index is 0.456. The van der Waals surface area contributed by atoms with E-state index in [2.05, 4.69) is 55.3 Å². The Kier molecular flexibility index (Phi) is 4.06. The number of hydrogen-bond acceptors (Lipinski definition) is 2. The van der Waals surface area contributed by atoms with Gasteiger partial charge in [-0.1, -0.05) is 19.1 Å². The van der Waals surface area contributed by atoms with Crippen molar-refractivity contribution in [3.05, 3.63) is 29.8 Å². The van der Waals surface area contributed by atoms with Crippen LogP contribution in [0.25, 0.3) is 0 Å². The molecule has 0 amide bonds. The van der Waals surface area contributed by atoms with Crippen LogP contribution >= 0.6 is 0 Å². The highest BCUT2D eigenvalue weighted by molar-refractivity contribution is 5.50. The SMILES string of the molecule is CCCNC(C)c1ccc(N2CCC2C)cc1. The number of hydrogen-bond donors (Lipinski definition) is 1. The van der Waals surface area contributed by atoms with Crippen LogP contribution in [0.4, 0.5) is 5.69 Å². The van der Waals surface area contributed by atoms with Crippen molar-refractivity contribution >= 4 is 5.69 Å². The van der Waals surface area contributed by atoms with Gasteiger partial charge in [-0.3, -0.25) is 0 Å². The van der Waals surface area contributed by atoms with E-state index < -0.39 is 0 Å². The van der Waals surface area contributed by atoms with E-state index in [9.17, 15) is 0 Å². The summed E-state index contributed by atoms with van der Waals surface area (Å²) in [4.78, 5) is 2.47. The van der Waals surface area contributed by atoms with Crippen LogP contribution in [0.15, 0.2) is 24.3 Å². The predicted octanol–water partition coefficient (Wildman–Crippen LogP) is 3.35. The van der Waals surface area contributed by atoms with Gasteiger partial charge >= 0.3 is 0 Å². The molecule has 17 heavy (non-hydrogen) atoms. The van der Waals surface area contributed by atoms with Crippen LogP contribution in [0.5, 0.6) is 0 Å². The summed E-state index contributed by atoms with van der Waals surface area (Å²) in [6.07, 6.45) is 2.52. The van der Waals surface area contributed by atoms with Crippen molar-refractivity contribution in [2.75, 3.05) is 18.0 Å². The number of benzene rings is 1. The Morgan fingerprint density at radius 3 is 2.53 bits per heavy atom. The quantitative estimate of drug-likeness (QED) is 0.837. The highest BCUT2D eigenvalue weighted by Crippen LogP contribution is 2.27. The highest BCUT2D eigenvalue weighted by atomic mass is 15.2. The minimum Gasteiger partial charge on any atom is -0.369 e. The van der Waals surface area contributed by atoms with Crippen molar-refractivity contribution in [2.45, 2.75) is 45.7 Å². The molecule has 2 nitrogen and oxygen atoms in total. The average Bonchev–Trinajstić information content (AvgIpc) is 2.35.